The van der Waals surface area contributed by atoms with Crippen LogP contribution in [-0.4, -0.2) is 11.3 Å². The van der Waals surface area contributed by atoms with E-state index in [0.717, 1.165) is 44.2 Å². The van der Waals surface area contributed by atoms with Gasteiger partial charge in [-0.2, -0.15) is 0 Å². The second-order valence-corrected chi connectivity index (χ2v) is 24.9. The second-order valence-electron chi connectivity index (χ2n) is 22.8. The molecule has 378 valence electrons. The lowest BCUT2D eigenvalue weighted by molar-refractivity contribution is 0.590. The largest absolute Gasteiger partial charge is 0.310 e. The molecule has 2 aliphatic heterocycles. The maximum absolute atomic E-state index is 2.78. The topological polar surface area (TPSA) is 11.4 Å². The molecule has 0 fully saturated rings. The lowest BCUT2D eigenvalue weighted by Crippen LogP contribution is -2.61. The van der Waals surface area contributed by atoms with E-state index in [1.807, 2.05) is 22.7 Å². The maximum Gasteiger partial charge on any atom is 0.252 e. The first-order valence-corrected chi connectivity index (χ1v) is 29.9. The van der Waals surface area contributed by atoms with Gasteiger partial charge in [-0.15, -0.1) is 22.7 Å². The molecule has 5 heterocycles. The molecule has 0 N–H and O–H groups in total. The average Bonchev–Trinajstić information content (AvgIpc) is 2.56. The summed E-state index contributed by atoms with van der Waals surface area (Å²) in [6, 6.07) is 77.0. The van der Waals surface area contributed by atoms with Gasteiger partial charge in [-0.05, 0) is 130 Å². The smallest absolute Gasteiger partial charge is 0.252 e. The highest BCUT2D eigenvalue weighted by Gasteiger charge is 2.46. The highest BCUT2D eigenvalue weighted by Crippen LogP contribution is 2.54. The van der Waals surface area contributed by atoms with Crippen molar-refractivity contribution in [3.8, 4) is 16.8 Å². The first-order chi connectivity index (χ1) is 38.3. The van der Waals surface area contributed by atoms with Crippen molar-refractivity contribution in [2.24, 2.45) is 0 Å². The first-order valence-electron chi connectivity index (χ1n) is 28.2. The second kappa shape index (κ2) is 18.4. The average molecular weight is 1040 g/mol. The van der Waals surface area contributed by atoms with Crippen LogP contribution in [0.1, 0.15) is 77.0 Å². The molecule has 78 heavy (non-hydrogen) atoms. The predicted molar refractivity (Wildman–Crippen MR) is 342 cm³/mol. The van der Waals surface area contributed by atoms with Crippen LogP contribution in [0.5, 0.6) is 0 Å². The van der Waals surface area contributed by atoms with Gasteiger partial charge >= 0.3 is 0 Å². The minimum Gasteiger partial charge on any atom is -0.310 e. The van der Waals surface area contributed by atoms with E-state index in [4.69, 9.17) is 0 Å². The van der Waals surface area contributed by atoms with Gasteiger partial charge in [-0.3, -0.25) is 0 Å². The van der Waals surface area contributed by atoms with Crippen LogP contribution in [-0.2, 0) is 18.3 Å². The van der Waals surface area contributed by atoms with Crippen LogP contribution in [0.2, 0.25) is 0 Å². The Hall–Kier alpha value is -7.90. The summed E-state index contributed by atoms with van der Waals surface area (Å²) >= 11 is 3.92. The summed E-state index contributed by atoms with van der Waals surface area (Å²) in [4.78, 5) is 5.53. The van der Waals surface area contributed by atoms with Crippen molar-refractivity contribution < 1.29 is 0 Å². The molecular weight excluding hydrogens is 982 g/mol. The van der Waals surface area contributed by atoms with Gasteiger partial charge in [0.05, 0.1) is 31.8 Å². The van der Waals surface area contributed by atoms with Gasteiger partial charge < -0.3 is 14.4 Å². The van der Waals surface area contributed by atoms with Gasteiger partial charge in [0.2, 0.25) is 0 Å². The van der Waals surface area contributed by atoms with Crippen LogP contribution < -0.4 is 26.2 Å². The molecule has 0 unspecified atom stereocenters. The van der Waals surface area contributed by atoms with Gasteiger partial charge in [0.15, 0.2) is 0 Å². The zero-order valence-electron chi connectivity index (χ0n) is 45.0. The van der Waals surface area contributed by atoms with Crippen molar-refractivity contribution in [2.75, 3.05) is 9.80 Å². The molecule has 2 aliphatic rings. The Morgan fingerprint density at radius 3 is 1.51 bits per heavy atom. The number of para-hydroxylation sites is 2. The summed E-state index contributed by atoms with van der Waals surface area (Å²) in [5.41, 5.74) is 21.8. The predicted octanol–water partition coefficient (Wildman–Crippen LogP) is 19.3. The summed E-state index contributed by atoms with van der Waals surface area (Å²) in [6.07, 6.45) is 6.47. The fraction of sp³-hybridized carbons (Fsp3) is 0.167. The normalized spacial score (nSPS) is 13.2. The van der Waals surface area contributed by atoms with Gasteiger partial charge in [0.25, 0.3) is 6.71 Å². The molecule has 3 nitrogen and oxygen atoms in total. The Morgan fingerprint density at radius 2 is 0.949 bits per heavy atom. The van der Waals surface area contributed by atoms with Gasteiger partial charge in [0.1, 0.15) is 0 Å². The SMILES string of the molecule is CCCCc1ccc2c(sc3ccccc32)c1N1c2ccc(-c3ccccc3)cc2B2c3ccc(-n4c5ccccc5c5ccccc54)cc3N(c3c(CCCC)ccc4c3sc3ccccc34)c3cc(C(C)(C)C)cc1c32. The number of thiophene rings is 2. The molecule has 3 aromatic heterocycles. The monoisotopic (exact) mass is 1040 g/mol. The van der Waals surface area contributed by atoms with Crippen LogP contribution in [0.4, 0.5) is 34.1 Å². The molecule has 0 bridgehead atoms. The van der Waals surface area contributed by atoms with Gasteiger partial charge in [-0.1, -0.05) is 193 Å². The quantitative estimate of drug-likeness (QED) is 0.127. The van der Waals surface area contributed by atoms with E-state index in [9.17, 15) is 0 Å². The Labute approximate surface area is 465 Å². The lowest BCUT2D eigenvalue weighted by Gasteiger charge is -2.46. The van der Waals surface area contributed by atoms with E-state index in [-0.39, 0.29) is 12.1 Å². The number of hydrogen-bond acceptors (Lipinski definition) is 4. The van der Waals surface area contributed by atoms with Crippen LogP contribution in [0.3, 0.4) is 0 Å². The van der Waals surface area contributed by atoms with E-state index in [1.54, 1.807) is 0 Å². The highest BCUT2D eigenvalue weighted by molar-refractivity contribution is 7.27. The van der Waals surface area contributed by atoms with Crippen molar-refractivity contribution in [3.05, 3.63) is 217 Å². The summed E-state index contributed by atoms with van der Waals surface area (Å²) in [6.45, 7) is 11.8. The third-order valence-corrected chi connectivity index (χ3v) is 19.5. The van der Waals surface area contributed by atoms with Gasteiger partial charge in [-0.25, -0.2) is 0 Å². The number of hydrogen-bond donors (Lipinski definition) is 0. The maximum atomic E-state index is 2.78. The molecule has 0 radical (unpaired) electrons. The minimum absolute atomic E-state index is 0.0706. The van der Waals surface area contributed by atoms with Gasteiger partial charge in [0, 0.05) is 70.2 Å². The number of rotatable bonds is 10. The Balaban J connectivity index is 1.11. The van der Waals surface area contributed by atoms with Crippen molar-refractivity contribution in [1.29, 1.82) is 0 Å². The number of anilines is 6. The zero-order valence-corrected chi connectivity index (χ0v) is 46.7. The molecule has 0 atom stereocenters. The van der Waals surface area contributed by atoms with E-state index in [1.165, 1.54) is 140 Å². The number of unbranched alkanes of at least 4 members (excludes halogenated alkanes) is 2. The standard InChI is InChI=1S/C72H60BN3S2/c1-6-8-21-46-33-37-55-53-27-15-19-31-65(53)77-70(55)68(46)75-61-40-35-48(45-23-11-10-12-24-45)41-58(61)73-57-39-36-50(74-59-29-17-13-25-51(59)52-26-14-18-30-60(52)74)44-62(57)76(64-43-49(72(3,4)5)42-63(75)67(64)73)69-47(22-9-7-2)34-38-56-54-28-16-20-32-66(54)78-71(56)69/h10-20,23-44H,6-9,21-22H2,1-5H3. The van der Waals surface area contributed by atoms with Crippen molar-refractivity contribution in [3.63, 3.8) is 0 Å². The Kier molecular flexibility index (Phi) is 11.1. The summed E-state index contributed by atoms with van der Waals surface area (Å²) < 4.78 is 7.88. The van der Waals surface area contributed by atoms with E-state index < -0.39 is 0 Å². The molecule has 0 spiro atoms. The lowest BCUT2D eigenvalue weighted by atomic mass is 9.33. The fourth-order valence-corrected chi connectivity index (χ4v) is 15.8. The number of aromatic nitrogens is 1. The highest BCUT2D eigenvalue weighted by atomic mass is 32.1. The van der Waals surface area contributed by atoms with E-state index >= 15 is 0 Å². The van der Waals surface area contributed by atoms with Crippen LogP contribution >= 0.6 is 22.7 Å². The third-order valence-electron chi connectivity index (χ3n) is 17.1. The third kappa shape index (κ3) is 7.22. The van der Waals surface area contributed by atoms with Crippen LogP contribution in [0.15, 0.2) is 200 Å². The molecule has 0 saturated carbocycles. The number of aryl methyl sites for hydroxylation is 2. The Morgan fingerprint density at radius 1 is 0.423 bits per heavy atom. The number of fused-ring (bicyclic) bond motifs is 13. The summed E-state index contributed by atoms with van der Waals surface area (Å²) in [5.74, 6) is 0. The Bertz CT molecular complexity index is 4500. The molecule has 0 saturated heterocycles. The first kappa shape index (κ1) is 47.3. The zero-order chi connectivity index (χ0) is 52.4. The number of benzene rings is 10. The van der Waals surface area contributed by atoms with Crippen molar-refractivity contribution in [1.82, 2.24) is 4.57 Å². The minimum atomic E-state index is -0.176. The van der Waals surface area contributed by atoms with E-state index in [2.05, 4.69) is 249 Å². The van der Waals surface area contributed by atoms with Crippen LogP contribution in [0, 0.1) is 0 Å². The fourth-order valence-electron chi connectivity index (χ4n) is 13.3. The molecule has 10 aromatic carbocycles. The molecular formula is C72H60BN3S2. The van der Waals surface area contributed by atoms with Crippen molar-refractivity contribution >= 4 is 142 Å². The molecule has 13 aromatic rings. The van der Waals surface area contributed by atoms with E-state index in [0.29, 0.717) is 0 Å². The molecule has 15 rings (SSSR count). The molecule has 0 aliphatic carbocycles. The number of nitrogens with zero attached hydrogens (tertiary/aromatic N) is 3. The summed E-state index contributed by atoms with van der Waals surface area (Å²) in [5, 5.41) is 7.85. The van der Waals surface area contributed by atoms with Crippen LogP contribution in [0.25, 0.3) is 79.0 Å². The molecule has 6 heteroatoms. The molecule has 0 amide bonds. The van der Waals surface area contributed by atoms with Crippen molar-refractivity contribution in [2.45, 2.75) is 78.6 Å². The summed E-state index contributed by atoms with van der Waals surface area (Å²) in [7, 11) is 0.